The normalized spacial score (nSPS) is 12.4. The summed E-state index contributed by atoms with van der Waals surface area (Å²) in [5.74, 6) is -0.122. The predicted molar refractivity (Wildman–Crippen MR) is 82.4 cm³/mol. The average Bonchev–Trinajstić information content (AvgIpc) is 2.38. The lowest BCUT2D eigenvalue weighted by molar-refractivity contribution is 0.509. The summed E-state index contributed by atoms with van der Waals surface area (Å²) in [5, 5.41) is 3.39. The number of nitrogens with one attached hydrogen (secondary N) is 1. The van der Waals surface area contributed by atoms with E-state index >= 15 is 0 Å². The number of likely N-dealkylation sites (N-methyl/N-ethyl adjacent to an activating group) is 1. The van der Waals surface area contributed by atoms with Crippen LogP contribution < -0.4 is 5.32 Å². The third kappa shape index (κ3) is 3.67. The largest absolute Gasteiger partial charge is 0.310 e. The van der Waals surface area contributed by atoms with Crippen molar-refractivity contribution in [1.82, 2.24) is 5.32 Å². The fraction of sp³-hybridized carbons (Fsp3) is 0.333. The smallest absolute Gasteiger partial charge is 0.128 e. The fourth-order valence-electron chi connectivity index (χ4n) is 2.53. The van der Waals surface area contributed by atoms with Crippen molar-refractivity contribution in [2.75, 3.05) is 6.54 Å². The number of aryl methyl sites for hydroxylation is 2. The van der Waals surface area contributed by atoms with Gasteiger partial charge in [0.05, 0.1) is 0 Å². The second-order valence-electron chi connectivity index (χ2n) is 5.33. The Morgan fingerprint density at radius 1 is 1.05 bits per heavy atom. The minimum absolute atomic E-state index is 0.0161. The van der Waals surface area contributed by atoms with Crippen LogP contribution in [0.1, 0.15) is 35.2 Å². The monoisotopic (exact) mass is 271 g/mol. The van der Waals surface area contributed by atoms with Crippen molar-refractivity contribution in [3.63, 3.8) is 0 Å². The molecular formula is C18H22FN. The first-order valence-corrected chi connectivity index (χ1v) is 7.15. The van der Waals surface area contributed by atoms with Crippen LogP contribution in [0.3, 0.4) is 0 Å². The Balaban J connectivity index is 2.26. The molecule has 0 aliphatic carbocycles. The van der Waals surface area contributed by atoms with E-state index in [9.17, 15) is 4.39 Å². The lowest BCUT2D eigenvalue weighted by atomic mass is 9.96. The van der Waals surface area contributed by atoms with E-state index in [1.165, 1.54) is 11.1 Å². The predicted octanol–water partition coefficient (Wildman–Crippen LogP) is 4.34. The third-order valence-electron chi connectivity index (χ3n) is 3.50. The van der Waals surface area contributed by atoms with Crippen LogP contribution in [0.4, 0.5) is 4.39 Å². The first-order valence-electron chi connectivity index (χ1n) is 7.15. The zero-order valence-electron chi connectivity index (χ0n) is 12.4. The van der Waals surface area contributed by atoms with Gasteiger partial charge in [-0.2, -0.15) is 0 Å². The summed E-state index contributed by atoms with van der Waals surface area (Å²) in [6.07, 6.45) is 0.801. The van der Waals surface area contributed by atoms with E-state index in [0.717, 1.165) is 24.1 Å². The van der Waals surface area contributed by atoms with E-state index < -0.39 is 0 Å². The summed E-state index contributed by atoms with van der Waals surface area (Å²) >= 11 is 0. The molecule has 2 aromatic carbocycles. The van der Waals surface area contributed by atoms with Crippen LogP contribution in [0.15, 0.2) is 42.5 Å². The molecule has 0 aliphatic rings. The molecule has 0 aliphatic heterocycles. The fourth-order valence-corrected chi connectivity index (χ4v) is 2.53. The van der Waals surface area contributed by atoms with Crippen molar-refractivity contribution in [3.05, 3.63) is 70.5 Å². The third-order valence-corrected chi connectivity index (χ3v) is 3.50. The Morgan fingerprint density at radius 2 is 1.80 bits per heavy atom. The summed E-state index contributed by atoms with van der Waals surface area (Å²) in [6, 6.07) is 13.9. The van der Waals surface area contributed by atoms with E-state index in [4.69, 9.17) is 0 Å². The Morgan fingerprint density at radius 3 is 2.45 bits per heavy atom. The summed E-state index contributed by atoms with van der Waals surface area (Å²) in [5.41, 5.74) is 4.18. The molecule has 1 nitrogen and oxygen atoms in total. The number of rotatable bonds is 5. The lowest BCUT2D eigenvalue weighted by Gasteiger charge is -2.19. The van der Waals surface area contributed by atoms with Gasteiger partial charge in [0.1, 0.15) is 5.82 Å². The molecule has 1 unspecified atom stereocenters. The Bertz CT molecular complexity index is 577. The second-order valence-corrected chi connectivity index (χ2v) is 5.33. The summed E-state index contributed by atoms with van der Waals surface area (Å²) < 4.78 is 14.2. The first kappa shape index (κ1) is 14.7. The molecule has 0 aromatic heterocycles. The highest BCUT2D eigenvalue weighted by Gasteiger charge is 2.15. The van der Waals surface area contributed by atoms with E-state index in [2.05, 4.69) is 43.4 Å². The number of hydrogen-bond donors (Lipinski definition) is 1. The van der Waals surface area contributed by atoms with Gasteiger partial charge in [0.15, 0.2) is 0 Å². The molecule has 2 rings (SSSR count). The van der Waals surface area contributed by atoms with Crippen molar-refractivity contribution in [1.29, 1.82) is 0 Å². The molecule has 1 N–H and O–H groups in total. The topological polar surface area (TPSA) is 12.0 Å². The van der Waals surface area contributed by atoms with Crippen LogP contribution in [0.25, 0.3) is 0 Å². The van der Waals surface area contributed by atoms with Gasteiger partial charge in [-0.15, -0.1) is 0 Å². The molecule has 0 fully saturated rings. The zero-order valence-corrected chi connectivity index (χ0v) is 12.4. The lowest BCUT2D eigenvalue weighted by Crippen LogP contribution is -2.24. The zero-order chi connectivity index (χ0) is 14.5. The van der Waals surface area contributed by atoms with Gasteiger partial charge in [-0.3, -0.25) is 0 Å². The van der Waals surface area contributed by atoms with Crippen LogP contribution in [0, 0.1) is 19.7 Å². The van der Waals surface area contributed by atoms with Gasteiger partial charge < -0.3 is 5.32 Å². The quantitative estimate of drug-likeness (QED) is 0.853. The SMILES string of the molecule is CCNC(Cc1cccc(C)c1)c1ccc(C)cc1F. The molecule has 2 heteroatoms. The summed E-state index contributed by atoms with van der Waals surface area (Å²) in [7, 11) is 0. The molecule has 2 aromatic rings. The minimum Gasteiger partial charge on any atom is -0.310 e. The van der Waals surface area contributed by atoms with Crippen LogP contribution in [-0.4, -0.2) is 6.54 Å². The van der Waals surface area contributed by atoms with Crippen LogP contribution in [0.2, 0.25) is 0 Å². The van der Waals surface area contributed by atoms with Crippen LogP contribution in [0.5, 0.6) is 0 Å². The maximum absolute atomic E-state index is 14.2. The number of halogens is 1. The van der Waals surface area contributed by atoms with Crippen LogP contribution in [-0.2, 0) is 6.42 Å². The van der Waals surface area contributed by atoms with Crippen molar-refractivity contribution >= 4 is 0 Å². The highest BCUT2D eigenvalue weighted by molar-refractivity contribution is 5.29. The molecular weight excluding hydrogens is 249 g/mol. The van der Waals surface area contributed by atoms with Gasteiger partial charge in [0.25, 0.3) is 0 Å². The van der Waals surface area contributed by atoms with Crippen molar-refractivity contribution in [2.45, 2.75) is 33.2 Å². The molecule has 106 valence electrons. The molecule has 1 atom stereocenters. The molecule has 0 spiro atoms. The molecule has 0 heterocycles. The van der Waals surface area contributed by atoms with Gasteiger partial charge in [-0.1, -0.05) is 48.9 Å². The van der Waals surface area contributed by atoms with Crippen molar-refractivity contribution in [2.24, 2.45) is 0 Å². The number of hydrogen-bond acceptors (Lipinski definition) is 1. The molecule has 0 saturated carbocycles. The van der Waals surface area contributed by atoms with E-state index in [0.29, 0.717) is 0 Å². The van der Waals surface area contributed by atoms with Gasteiger partial charge in [0, 0.05) is 11.6 Å². The van der Waals surface area contributed by atoms with E-state index in [1.807, 2.05) is 19.1 Å². The van der Waals surface area contributed by atoms with Crippen LogP contribution >= 0.6 is 0 Å². The Kier molecular flexibility index (Phi) is 4.91. The maximum atomic E-state index is 14.2. The molecule has 0 bridgehead atoms. The van der Waals surface area contributed by atoms with Gasteiger partial charge in [0.2, 0.25) is 0 Å². The minimum atomic E-state index is -0.122. The van der Waals surface area contributed by atoms with Gasteiger partial charge >= 0.3 is 0 Å². The average molecular weight is 271 g/mol. The standard InChI is InChI=1S/C18H22FN/c1-4-20-18(12-15-7-5-6-13(2)10-15)16-9-8-14(3)11-17(16)19/h5-11,18,20H,4,12H2,1-3H3. The molecule has 0 saturated heterocycles. The second kappa shape index (κ2) is 6.67. The van der Waals surface area contributed by atoms with Gasteiger partial charge in [-0.05, 0) is 44.0 Å². The van der Waals surface area contributed by atoms with Gasteiger partial charge in [-0.25, -0.2) is 4.39 Å². The highest BCUT2D eigenvalue weighted by atomic mass is 19.1. The van der Waals surface area contributed by atoms with E-state index in [-0.39, 0.29) is 11.9 Å². The van der Waals surface area contributed by atoms with Crippen molar-refractivity contribution < 1.29 is 4.39 Å². The molecule has 20 heavy (non-hydrogen) atoms. The summed E-state index contributed by atoms with van der Waals surface area (Å²) in [4.78, 5) is 0. The highest BCUT2D eigenvalue weighted by Crippen LogP contribution is 2.22. The van der Waals surface area contributed by atoms with E-state index in [1.54, 1.807) is 6.07 Å². The summed E-state index contributed by atoms with van der Waals surface area (Å²) in [6.45, 7) is 6.87. The Labute approximate surface area is 120 Å². The molecule has 0 amide bonds. The maximum Gasteiger partial charge on any atom is 0.128 e. The van der Waals surface area contributed by atoms with Crippen molar-refractivity contribution in [3.8, 4) is 0 Å². The molecule has 0 radical (unpaired) electrons. The Hall–Kier alpha value is -1.67. The number of benzene rings is 2. The first-order chi connectivity index (χ1) is 9.60.